The molecule has 1 N–H and O–H groups in total. The predicted molar refractivity (Wildman–Crippen MR) is 133 cm³/mol. The second-order valence-electron chi connectivity index (χ2n) is 7.97. The van der Waals surface area contributed by atoms with Crippen LogP contribution in [0.3, 0.4) is 0 Å². The molecule has 2 heterocycles. The molecular weight excluding hydrogens is 454 g/mol. The Morgan fingerprint density at radius 2 is 1.88 bits per heavy atom. The molecule has 33 heavy (non-hydrogen) atoms. The van der Waals surface area contributed by atoms with Crippen LogP contribution >= 0.6 is 23.5 Å². The van der Waals surface area contributed by atoms with E-state index in [0.717, 1.165) is 22.6 Å². The standard InChI is InChI=1S/C25H25N3O3S2/c1-16-14-21-23(33-16)24(31)28(13-12-18-6-4-3-5-7-18)25(27-21)32-15-22(30)26-20-10-8-19(9-11-20)17(2)29/h3-11,16H,12-15H2,1-2H3,(H,26,30). The average molecular weight is 480 g/mol. The van der Waals surface area contributed by atoms with Crippen LogP contribution in [0.15, 0.2) is 69.4 Å². The lowest BCUT2D eigenvalue weighted by molar-refractivity contribution is -0.113. The van der Waals surface area contributed by atoms with Crippen molar-refractivity contribution in [2.24, 2.45) is 0 Å². The summed E-state index contributed by atoms with van der Waals surface area (Å²) >= 11 is 2.86. The molecule has 0 saturated carbocycles. The lowest BCUT2D eigenvalue weighted by Crippen LogP contribution is -2.27. The maximum atomic E-state index is 13.2. The Balaban J connectivity index is 1.49. The van der Waals surface area contributed by atoms with E-state index in [9.17, 15) is 14.4 Å². The Hall–Kier alpha value is -2.84. The van der Waals surface area contributed by atoms with Gasteiger partial charge in [0.15, 0.2) is 10.9 Å². The smallest absolute Gasteiger partial charge is 0.268 e. The van der Waals surface area contributed by atoms with Gasteiger partial charge in [0.25, 0.3) is 5.56 Å². The fourth-order valence-electron chi connectivity index (χ4n) is 3.64. The number of aryl methyl sites for hydroxylation is 1. The summed E-state index contributed by atoms with van der Waals surface area (Å²) in [5.41, 5.74) is 3.18. The number of benzene rings is 2. The van der Waals surface area contributed by atoms with Crippen molar-refractivity contribution in [3.05, 3.63) is 81.8 Å². The van der Waals surface area contributed by atoms with Crippen LogP contribution in [0.4, 0.5) is 5.69 Å². The van der Waals surface area contributed by atoms with Crippen LogP contribution in [0.1, 0.15) is 35.5 Å². The minimum Gasteiger partial charge on any atom is -0.325 e. The van der Waals surface area contributed by atoms with E-state index in [1.54, 1.807) is 40.6 Å². The van der Waals surface area contributed by atoms with Gasteiger partial charge in [-0.3, -0.25) is 19.0 Å². The number of anilines is 1. The molecule has 1 atom stereocenters. The van der Waals surface area contributed by atoms with Gasteiger partial charge in [-0.15, -0.1) is 11.8 Å². The van der Waals surface area contributed by atoms with Crippen molar-refractivity contribution in [2.45, 2.75) is 48.5 Å². The summed E-state index contributed by atoms with van der Waals surface area (Å²) in [7, 11) is 0. The number of hydrogen-bond acceptors (Lipinski definition) is 6. The molecule has 0 saturated heterocycles. The van der Waals surface area contributed by atoms with Crippen LogP contribution in [0.2, 0.25) is 0 Å². The molecule has 1 unspecified atom stereocenters. The third kappa shape index (κ3) is 5.75. The summed E-state index contributed by atoms with van der Waals surface area (Å²) in [5, 5.41) is 3.74. The van der Waals surface area contributed by atoms with Gasteiger partial charge >= 0.3 is 0 Å². The van der Waals surface area contributed by atoms with Crippen LogP contribution in [0.25, 0.3) is 0 Å². The number of ketones is 1. The van der Waals surface area contributed by atoms with Gasteiger partial charge < -0.3 is 5.32 Å². The highest BCUT2D eigenvalue weighted by Gasteiger charge is 2.26. The first-order chi connectivity index (χ1) is 15.9. The van der Waals surface area contributed by atoms with E-state index in [-0.39, 0.29) is 23.0 Å². The number of Topliss-reactive ketones (excluding diaryl/α,β-unsaturated/α-hetero) is 1. The minimum atomic E-state index is -0.192. The van der Waals surface area contributed by atoms with Crippen molar-refractivity contribution in [2.75, 3.05) is 11.1 Å². The molecule has 0 spiro atoms. The molecule has 2 aromatic carbocycles. The third-order valence-electron chi connectivity index (χ3n) is 5.34. The van der Waals surface area contributed by atoms with Gasteiger partial charge in [0.1, 0.15) is 0 Å². The zero-order valence-electron chi connectivity index (χ0n) is 18.5. The molecule has 1 aliphatic heterocycles. The second kappa shape index (κ2) is 10.4. The largest absolute Gasteiger partial charge is 0.325 e. The van der Waals surface area contributed by atoms with Gasteiger partial charge in [-0.1, -0.05) is 49.0 Å². The number of thioether (sulfide) groups is 2. The SMILES string of the molecule is CC(=O)c1ccc(NC(=O)CSc2nc3c(c(=O)n2CCc2ccccc2)SC(C)C3)cc1. The summed E-state index contributed by atoms with van der Waals surface area (Å²) in [6.45, 7) is 4.11. The van der Waals surface area contributed by atoms with E-state index in [1.807, 2.05) is 30.3 Å². The monoisotopic (exact) mass is 479 g/mol. The lowest BCUT2D eigenvalue weighted by atomic mass is 10.1. The molecule has 0 fully saturated rings. The van der Waals surface area contributed by atoms with Crippen LogP contribution in [-0.2, 0) is 24.2 Å². The highest BCUT2D eigenvalue weighted by molar-refractivity contribution is 8.00. The second-order valence-corrected chi connectivity index (χ2v) is 10.4. The molecule has 3 aromatic rings. The van der Waals surface area contributed by atoms with Gasteiger partial charge in [-0.25, -0.2) is 4.98 Å². The number of rotatable bonds is 8. The summed E-state index contributed by atoms with van der Waals surface area (Å²) in [6.07, 6.45) is 1.47. The first kappa shape index (κ1) is 23.3. The fraction of sp³-hybridized carbons (Fsp3) is 0.280. The molecule has 4 rings (SSSR count). The van der Waals surface area contributed by atoms with E-state index in [1.165, 1.54) is 18.7 Å². The molecule has 0 bridgehead atoms. The summed E-state index contributed by atoms with van der Waals surface area (Å²) in [5.74, 6) is -0.0805. The van der Waals surface area contributed by atoms with Crippen LogP contribution in [0, 0.1) is 0 Å². The number of fused-ring (bicyclic) bond motifs is 1. The topological polar surface area (TPSA) is 81.1 Å². The first-order valence-electron chi connectivity index (χ1n) is 10.8. The molecule has 170 valence electrons. The van der Waals surface area contributed by atoms with Crippen LogP contribution in [-0.4, -0.2) is 32.2 Å². The van der Waals surface area contributed by atoms with Crippen molar-refractivity contribution < 1.29 is 9.59 Å². The molecule has 8 heteroatoms. The van der Waals surface area contributed by atoms with Gasteiger partial charge in [0.05, 0.1) is 16.3 Å². The Kier molecular flexibility index (Phi) is 7.35. The van der Waals surface area contributed by atoms with Crippen LogP contribution < -0.4 is 10.9 Å². The van der Waals surface area contributed by atoms with E-state index >= 15 is 0 Å². The number of nitrogens with zero attached hydrogens (tertiary/aromatic N) is 2. The van der Waals surface area contributed by atoms with Crippen molar-refractivity contribution in [1.82, 2.24) is 9.55 Å². The number of aromatic nitrogens is 2. The predicted octanol–water partition coefficient (Wildman–Crippen LogP) is 4.46. The number of hydrogen-bond donors (Lipinski definition) is 1. The Morgan fingerprint density at radius 1 is 1.15 bits per heavy atom. The summed E-state index contributed by atoms with van der Waals surface area (Å²) in [6, 6.07) is 16.8. The van der Waals surface area contributed by atoms with E-state index in [4.69, 9.17) is 4.98 Å². The van der Waals surface area contributed by atoms with Crippen LogP contribution in [0.5, 0.6) is 0 Å². The molecular formula is C25H25N3O3S2. The van der Waals surface area contributed by atoms with E-state index in [0.29, 0.717) is 34.6 Å². The van der Waals surface area contributed by atoms with Crippen molar-refractivity contribution >= 4 is 40.9 Å². The van der Waals surface area contributed by atoms with E-state index in [2.05, 4.69) is 12.2 Å². The maximum absolute atomic E-state index is 13.2. The number of carbonyl (C=O) groups excluding carboxylic acids is 2. The Morgan fingerprint density at radius 3 is 2.58 bits per heavy atom. The molecule has 1 amide bonds. The first-order valence-corrected chi connectivity index (χ1v) is 12.6. The number of nitrogens with one attached hydrogen (secondary N) is 1. The summed E-state index contributed by atoms with van der Waals surface area (Å²) in [4.78, 5) is 42.7. The van der Waals surface area contributed by atoms with Gasteiger partial charge in [-0.05, 0) is 43.2 Å². The lowest BCUT2D eigenvalue weighted by Gasteiger charge is -2.14. The van der Waals surface area contributed by atoms with Gasteiger partial charge in [0.2, 0.25) is 5.91 Å². The fourth-order valence-corrected chi connectivity index (χ4v) is 5.60. The molecule has 1 aromatic heterocycles. The average Bonchev–Trinajstić information content (AvgIpc) is 3.19. The van der Waals surface area contributed by atoms with Crippen molar-refractivity contribution in [1.29, 1.82) is 0 Å². The Labute approximate surface area is 201 Å². The normalized spacial score (nSPS) is 14.7. The third-order valence-corrected chi connectivity index (χ3v) is 7.53. The zero-order chi connectivity index (χ0) is 23.4. The molecule has 0 radical (unpaired) electrons. The van der Waals surface area contributed by atoms with Crippen molar-refractivity contribution in [3.8, 4) is 0 Å². The minimum absolute atomic E-state index is 0.0204. The van der Waals surface area contributed by atoms with Gasteiger partial charge in [-0.2, -0.15) is 0 Å². The number of amides is 1. The molecule has 6 nitrogen and oxygen atoms in total. The summed E-state index contributed by atoms with van der Waals surface area (Å²) < 4.78 is 1.70. The van der Waals surface area contributed by atoms with Gasteiger partial charge in [0, 0.05) is 29.5 Å². The van der Waals surface area contributed by atoms with E-state index < -0.39 is 0 Å². The van der Waals surface area contributed by atoms with Crippen molar-refractivity contribution in [3.63, 3.8) is 0 Å². The number of carbonyl (C=O) groups is 2. The zero-order valence-corrected chi connectivity index (χ0v) is 20.2. The maximum Gasteiger partial charge on any atom is 0.268 e. The highest BCUT2D eigenvalue weighted by atomic mass is 32.2. The Bertz CT molecular complexity index is 1220. The quantitative estimate of drug-likeness (QED) is 0.292. The molecule has 1 aliphatic rings. The highest BCUT2D eigenvalue weighted by Crippen LogP contribution is 2.34. The molecule has 0 aliphatic carbocycles.